The smallest absolute Gasteiger partial charge is 0.240 e. The van der Waals surface area contributed by atoms with Gasteiger partial charge in [0.25, 0.3) is 0 Å². The zero-order chi connectivity index (χ0) is 23.4. The van der Waals surface area contributed by atoms with Crippen molar-refractivity contribution >= 4 is 21.7 Å². The number of aromatic nitrogens is 3. The molecule has 0 bridgehead atoms. The lowest BCUT2D eigenvalue weighted by atomic mass is 9.81. The summed E-state index contributed by atoms with van der Waals surface area (Å²) in [5.41, 5.74) is 2.76. The molecule has 2 N–H and O–H groups in total. The van der Waals surface area contributed by atoms with Gasteiger partial charge in [-0.25, -0.2) is 23.1 Å². The van der Waals surface area contributed by atoms with Crippen molar-refractivity contribution in [1.82, 2.24) is 19.7 Å². The van der Waals surface area contributed by atoms with Crippen molar-refractivity contribution in [3.63, 3.8) is 0 Å². The summed E-state index contributed by atoms with van der Waals surface area (Å²) in [7, 11) is -2.19. The largest absolute Gasteiger partial charge is 0.386 e. The van der Waals surface area contributed by atoms with E-state index in [0.717, 1.165) is 22.4 Å². The van der Waals surface area contributed by atoms with Crippen LogP contribution in [0, 0.1) is 0 Å². The number of benzene rings is 1. The lowest BCUT2D eigenvalue weighted by Crippen LogP contribution is -2.49. The number of ether oxygens (including phenoxy) is 1. The summed E-state index contributed by atoms with van der Waals surface area (Å²) in [6.07, 6.45) is 5.03. The Morgan fingerprint density at radius 2 is 1.85 bits per heavy atom. The number of nitrogens with one attached hydrogen (secondary N) is 1. The van der Waals surface area contributed by atoms with E-state index >= 15 is 0 Å². The van der Waals surface area contributed by atoms with Gasteiger partial charge in [0, 0.05) is 36.4 Å². The molecule has 1 saturated heterocycles. The van der Waals surface area contributed by atoms with Gasteiger partial charge in [0.15, 0.2) is 0 Å². The van der Waals surface area contributed by atoms with Crippen molar-refractivity contribution in [2.75, 3.05) is 31.7 Å². The normalized spacial score (nSPS) is 17.2. The highest BCUT2D eigenvalue weighted by Crippen LogP contribution is 2.48. The molecule has 1 spiro atoms. The van der Waals surface area contributed by atoms with Crippen molar-refractivity contribution in [2.24, 2.45) is 0 Å². The molecule has 2 aromatic heterocycles. The van der Waals surface area contributed by atoms with Crippen molar-refractivity contribution < 1.29 is 18.3 Å². The first-order valence-electron chi connectivity index (χ1n) is 10.6. The Kier molecular flexibility index (Phi) is 5.02. The Balaban J connectivity index is 1.52. The maximum absolute atomic E-state index is 12.4. The minimum atomic E-state index is -3.59. The number of sulfonamides is 1. The summed E-state index contributed by atoms with van der Waals surface area (Å²) < 4.78 is 32.6. The molecule has 0 radical (unpaired) electrons. The molecular weight excluding hydrogens is 442 g/mol. The Labute approximate surface area is 192 Å². The zero-order valence-electron chi connectivity index (χ0n) is 18.6. The van der Waals surface area contributed by atoms with Gasteiger partial charge >= 0.3 is 0 Å². The van der Waals surface area contributed by atoms with Crippen LogP contribution in [0.25, 0.3) is 11.3 Å². The van der Waals surface area contributed by atoms with Gasteiger partial charge in [-0.05, 0) is 56.3 Å². The van der Waals surface area contributed by atoms with Crippen LogP contribution in [-0.2, 0) is 25.8 Å². The summed E-state index contributed by atoms with van der Waals surface area (Å²) in [5.74, 6) is 0.474. The topological polar surface area (TPSA) is 118 Å². The Morgan fingerprint density at radius 1 is 1.12 bits per heavy atom. The third kappa shape index (κ3) is 3.68. The van der Waals surface area contributed by atoms with Gasteiger partial charge in [0.1, 0.15) is 0 Å². The number of pyridine rings is 1. The van der Waals surface area contributed by atoms with Gasteiger partial charge in [-0.2, -0.15) is 0 Å². The molecule has 172 valence electrons. The second-order valence-corrected chi connectivity index (χ2v) is 10.9. The van der Waals surface area contributed by atoms with Gasteiger partial charge in [0.05, 0.1) is 34.8 Å². The monoisotopic (exact) mass is 467 g/mol. The minimum Gasteiger partial charge on any atom is -0.386 e. The molecule has 0 unspecified atom stereocenters. The van der Waals surface area contributed by atoms with Crippen molar-refractivity contribution in [3.8, 4) is 11.3 Å². The van der Waals surface area contributed by atoms with Crippen LogP contribution in [0.15, 0.2) is 53.8 Å². The fraction of sp³-hybridized carbons (Fsp3) is 0.348. The molecule has 5 rings (SSSR count). The average molecular weight is 468 g/mol. The standard InChI is InChI=1S/C23H25N5O4S/c1-22(2,29)16-6-7-25-19(8-16)15-10-26-21(27-11-15)28-12-23(13-32-14-23)18-5-4-17(9-20(18)28)33(30,31)24-3/h4-11,24,29H,12-14H2,1-3H3. The van der Waals surface area contributed by atoms with Crippen molar-refractivity contribution in [1.29, 1.82) is 0 Å². The van der Waals surface area contributed by atoms with Crippen LogP contribution in [0.3, 0.4) is 0 Å². The SMILES string of the molecule is CNS(=O)(=O)c1ccc2c(c1)N(c1ncc(-c3cc(C(C)(C)O)ccn3)cn1)CC21COC1. The molecular formula is C23H25N5O4S. The first kappa shape index (κ1) is 21.9. The highest BCUT2D eigenvalue weighted by molar-refractivity contribution is 7.89. The fourth-order valence-electron chi connectivity index (χ4n) is 4.28. The quantitative estimate of drug-likeness (QED) is 0.586. The van der Waals surface area contributed by atoms with E-state index in [-0.39, 0.29) is 10.3 Å². The molecule has 1 aromatic carbocycles. The molecule has 33 heavy (non-hydrogen) atoms. The molecule has 9 nitrogen and oxygen atoms in total. The average Bonchev–Trinajstić information content (AvgIpc) is 3.14. The lowest BCUT2D eigenvalue weighted by Gasteiger charge is -2.38. The van der Waals surface area contributed by atoms with Gasteiger partial charge in [0.2, 0.25) is 16.0 Å². The maximum atomic E-state index is 12.4. The summed E-state index contributed by atoms with van der Waals surface area (Å²) in [6.45, 7) is 5.19. The van der Waals surface area contributed by atoms with E-state index in [1.54, 1.807) is 50.6 Å². The number of hydrogen-bond donors (Lipinski definition) is 2. The summed E-state index contributed by atoms with van der Waals surface area (Å²) in [5, 5.41) is 10.3. The molecule has 2 aliphatic heterocycles. The van der Waals surface area contributed by atoms with Crippen molar-refractivity contribution in [3.05, 3.63) is 60.0 Å². The highest BCUT2D eigenvalue weighted by Gasteiger charge is 2.49. The Hall–Kier alpha value is -2.92. The first-order valence-corrected chi connectivity index (χ1v) is 12.1. The zero-order valence-corrected chi connectivity index (χ0v) is 19.4. The molecule has 1 fully saturated rings. The van der Waals surface area contributed by atoms with Crippen LogP contribution < -0.4 is 9.62 Å². The molecule has 0 amide bonds. The van der Waals surface area contributed by atoms with E-state index in [4.69, 9.17) is 4.74 Å². The first-order chi connectivity index (χ1) is 15.6. The summed E-state index contributed by atoms with van der Waals surface area (Å²) in [4.78, 5) is 15.7. The van der Waals surface area contributed by atoms with Crippen LogP contribution in [0.2, 0.25) is 0 Å². The predicted molar refractivity (Wildman–Crippen MR) is 123 cm³/mol. The van der Waals surface area contributed by atoms with Gasteiger partial charge in [-0.3, -0.25) is 4.98 Å². The van der Waals surface area contributed by atoms with Crippen LogP contribution in [0.1, 0.15) is 25.0 Å². The summed E-state index contributed by atoms with van der Waals surface area (Å²) in [6, 6.07) is 8.75. The number of hydrogen-bond acceptors (Lipinski definition) is 8. The van der Waals surface area contributed by atoms with Gasteiger partial charge in [-0.15, -0.1) is 0 Å². The maximum Gasteiger partial charge on any atom is 0.240 e. The fourth-order valence-corrected chi connectivity index (χ4v) is 5.03. The van der Waals surface area contributed by atoms with E-state index in [0.29, 0.717) is 31.4 Å². The van der Waals surface area contributed by atoms with Gasteiger partial charge in [-0.1, -0.05) is 6.07 Å². The molecule has 2 aliphatic rings. The van der Waals surface area contributed by atoms with E-state index in [2.05, 4.69) is 19.7 Å². The highest BCUT2D eigenvalue weighted by atomic mass is 32.2. The second kappa shape index (κ2) is 7.56. The number of rotatable bonds is 5. The molecule has 10 heteroatoms. The van der Waals surface area contributed by atoms with E-state index in [9.17, 15) is 13.5 Å². The van der Waals surface area contributed by atoms with Crippen molar-refractivity contribution in [2.45, 2.75) is 29.8 Å². The van der Waals surface area contributed by atoms with E-state index in [1.165, 1.54) is 7.05 Å². The second-order valence-electron chi connectivity index (χ2n) is 9.01. The molecule has 3 aromatic rings. The minimum absolute atomic E-state index is 0.190. The molecule has 0 atom stereocenters. The van der Waals surface area contributed by atoms with Crippen LogP contribution in [0.4, 0.5) is 11.6 Å². The van der Waals surface area contributed by atoms with Crippen LogP contribution in [0.5, 0.6) is 0 Å². The third-order valence-electron chi connectivity index (χ3n) is 6.27. The number of nitrogens with zero attached hydrogens (tertiary/aromatic N) is 4. The predicted octanol–water partition coefficient (Wildman–Crippen LogP) is 2.09. The van der Waals surface area contributed by atoms with Crippen LogP contribution in [-0.4, -0.2) is 55.3 Å². The molecule has 0 aliphatic carbocycles. The van der Waals surface area contributed by atoms with Crippen LogP contribution >= 0.6 is 0 Å². The number of anilines is 2. The lowest BCUT2D eigenvalue weighted by molar-refractivity contribution is -0.0507. The van der Waals surface area contributed by atoms with Gasteiger partial charge < -0.3 is 14.7 Å². The third-order valence-corrected chi connectivity index (χ3v) is 7.68. The summed E-state index contributed by atoms with van der Waals surface area (Å²) >= 11 is 0. The molecule has 4 heterocycles. The number of aliphatic hydroxyl groups is 1. The van der Waals surface area contributed by atoms with E-state index in [1.807, 2.05) is 17.0 Å². The van der Waals surface area contributed by atoms with E-state index < -0.39 is 15.6 Å². The molecule has 0 saturated carbocycles. The Bertz CT molecular complexity index is 1320. The Morgan fingerprint density at radius 3 is 2.45 bits per heavy atom. The number of fused-ring (bicyclic) bond motifs is 2.